The van der Waals surface area contributed by atoms with Crippen molar-refractivity contribution in [1.29, 1.82) is 0 Å². The summed E-state index contributed by atoms with van der Waals surface area (Å²) in [4.78, 5) is 28.9. The Bertz CT molecular complexity index is 1430. The van der Waals surface area contributed by atoms with Crippen molar-refractivity contribution < 1.29 is 37.3 Å². The minimum absolute atomic E-state index is 0.0201. The number of nitrogens with zero attached hydrogens (tertiary/aromatic N) is 2. The lowest BCUT2D eigenvalue weighted by Crippen LogP contribution is -2.40. The van der Waals surface area contributed by atoms with E-state index in [9.17, 15) is 18.4 Å². The Morgan fingerprint density at radius 3 is 1.62 bits per heavy atom. The fraction of sp³-hybridized carbons (Fsp3) is 0.667. The zero-order valence-electron chi connectivity index (χ0n) is 32.3. The molecule has 0 N–H and O–H groups in total. The van der Waals surface area contributed by atoms with Gasteiger partial charge in [0.25, 0.3) is 0 Å². The van der Waals surface area contributed by atoms with Gasteiger partial charge >= 0.3 is 0 Å². The predicted octanol–water partition coefficient (Wildman–Crippen LogP) is 8.49. The summed E-state index contributed by atoms with van der Waals surface area (Å²) in [6.07, 6.45) is 11.1. The van der Waals surface area contributed by atoms with Gasteiger partial charge in [-0.2, -0.15) is 0 Å². The predicted molar refractivity (Wildman–Crippen MR) is 200 cm³/mol. The lowest BCUT2D eigenvalue weighted by Gasteiger charge is -2.36. The van der Waals surface area contributed by atoms with Crippen LogP contribution in [0.15, 0.2) is 36.4 Å². The van der Waals surface area contributed by atoms with E-state index in [4.69, 9.17) is 18.9 Å². The first-order valence-corrected chi connectivity index (χ1v) is 19.7. The smallest absolute Gasteiger partial charge is 0.228 e. The van der Waals surface area contributed by atoms with E-state index in [1.807, 2.05) is 30.6 Å². The molecular formula is C42H62F2N2O6. The number of amides is 2. The van der Waals surface area contributed by atoms with Crippen molar-refractivity contribution in [2.45, 2.75) is 105 Å². The molecule has 0 radical (unpaired) electrons. The summed E-state index contributed by atoms with van der Waals surface area (Å²) >= 11 is 0. The Balaban J connectivity index is 0.000000222. The van der Waals surface area contributed by atoms with Crippen molar-refractivity contribution in [3.8, 4) is 11.5 Å². The first-order valence-electron chi connectivity index (χ1n) is 19.7. The number of ether oxygens (including phenoxy) is 4. The highest BCUT2D eigenvalue weighted by molar-refractivity contribution is 5.86. The van der Waals surface area contributed by atoms with Gasteiger partial charge in [0.05, 0.1) is 37.3 Å². The summed E-state index contributed by atoms with van der Waals surface area (Å²) in [5.41, 5.74) is 1.82. The quantitative estimate of drug-likeness (QED) is 0.171. The van der Waals surface area contributed by atoms with Gasteiger partial charge < -0.3 is 28.7 Å². The number of benzene rings is 2. The summed E-state index contributed by atoms with van der Waals surface area (Å²) in [5, 5.41) is 0. The average Bonchev–Trinajstić information content (AvgIpc) is 3.62. The van der Waals surface area contributed by atoms with Crippen molar-refractivity contribution >= 4 is 11.8 Å². The van der Waals surface area contributed by atoms with E-state index in [2.05, 4.69) is 13.8 Å². The third-order valence-corrected chi connectivity index (χ3v) is 11.1. The lowest BCUT2D eigenvalue weighted by atomic mass is 9.68. The molecule has 10 heteroatoms. The van der Waals surface area contributed by atoms with Gasteiger partial charge in [0.15, 0.2) is 0 Å². The number of likely N-dealkylation sites (tertiary alicyclic amines) is 2. The molecule has 0 unspecified atom stereocenters. The Morgan fingerprint density at radius 2 is 1.12 bits per heavy atom. The molecule has 4 aliphatic rings. The van der Waals surface area contributed by atoms with E-state index >= 15 is 0 Å². The van der Waals surface area contributed by atoms with Crippen LogP contribution in [0.25, 0.3) is 0 Å². The molecule has 290 valence electrons. The summed E-state index contributed by atoms with van der Waals surface area (Å²) in [5.74, 6) is 1.47. The molecule has 52 heavy (non-hydrogen) atoms. The van der Waals surface area contributed by atoms with Gasteiger partial charge in [-0.1, -0.05) is 65.5 Å². The second-order valence-corrected chi connectivity index (χ2v) is 14.7. The molecular weight excluding hydrogens is 666 g/mol. The molecule has 2 aliphatic heterocycles. The van der Waals surface area contributed by atoms with E-state index < -0.39 is 0 Å². The SMILES string of the molecule is CC.CC(C)c1ccc(F)cc1OCCOCCN1CCC2(CCC2)C1=O.Cc1ccc(F)cc1OCCOCCN1CCC2(CCCCC2)C1=O. The van der Waals surface area contributed by atoms with E-state index in [1.165, 1.54) is 49.9 Å². The molecule has 2 amide bonds. The number of hydrogen-bond donors (Lipinski definition) is 0. The topological polar surface area (TPSA) is 77.5 Å². The zero-order valence-corrected chi connectivity index (χ0v) is 32.3. The Kier molecular flexibility index (Phi) is 16.2. The van der Waals surface area contributed by atoms with Gasteiger partial charge in [-0.3, -0.25) is 9.59 Å². The molecule has 2 saturated carbocycles. The molecule has 2 aromatic carbocycles. The molecule has 2 heterocycles. The number of carbonyl (C=O) groups excluding carboxylic acids is 2. The van der Waals surface area contributed by atoms with Crippen LogP contribution in [-0.2, 0) is 19.1 Å². The number of hydrogen-bond acceptors (Lipinski definition) is 6. The van der Waals surface area contributed by atoms with Gasteiger partial charge in [0, 0.05) is 38.3 Å². The normalized spacial score (nSPS) is 18.6. The van der Waals surface area contributed by atoms with Crippen LogP contribution < -0.4 is 9.47 Å². The molecule has 6 rings (SSSR count). The number of aryl methyl sites for hydroxylation is 1. The Labute approximate surface area is 310 Å². The molecule has 2 spiro atoms. The maximum atomic E-state index is 13.4. The number of carbonyl (C=O) groups is 2. The largest absolute Gasteiger partial charge is 0.491 e. The van der Waals surface area contributed by atoms with Crippen molar-refractivity contribution in [2.24, 2.45) is 10.8 Å². The van der Waals surface area contributed by atoms with Gasteiger partial charge in [0.1, 0.15) is 36.3 Å². The molecule has 0 atom stereocenters. The highest BCUT2D eigenvalue weighted by atomic mass is 19.1. The van der Waals surface area contributed by atoms with E-state index in [0.29, 0.717) is 76.0 Å². The standard InChI is InChI=1S/2C20H28FNO3.C2H6/c1-15(2)17-5-4-16(21)14-18(17)25-13-12-24-11-10-22-9-8-20(19(22)23)6-3-7-20;1-16-5-6-17(21)15-18(16)25-14-13-24-12-11-22-10-9-20(19(22)23)7-3-2-4-8-20;1-2/h4-5,14-15H,3,6-13H2,1-2H3;5-6,15H,2-4,7-14H2,1H3;1-2H3. The molecule has 2 aromatic rings. The van der Waals surface area contributed by atoms with E-state index in [0.717, 1.165) is 62.7 Å². The van der Waals surface area contributed by atoms with Crippen LogP contribution in [0.3, 0.4) is 0 Å². The number of rotatable bonds is 15. The average molecular weight is 729 g/mol. The summed E-state index contributed by atoms with van der Waals surface area (Å²) in [6, 6.07) is 9.17. The van der Waals surface area contributed by atoms with E-state index in [-0.39, 0.29) is 28.4 Å². The lowest BCUT2D eigenvalue weighted by molar-refractivity contribution is -0.140. The highest BCUT2D eigenvalue weighted by Gasteiger charge is 2.50. The summed E-state index contributed by atoms with van der Waals surface area (Å²) in [7, 11) is 0. The summed E-state index contributed by atoms with van der Waals surface area (Å²) in [6.45, 7) is 15.7. The fourth-order valence-corrected chi connectivity index (χ4v) is 7.79. The van der Waals surface area contributed by atoms with Crippen LogP contribution in [-0.4, -0.2) is 87.4 Å². The van der Waals surface area contributed by atoms with Gasteiger partial charge in [0.2, 0.25) is 11.8 Å². The van der Waals surface area contributed by atoms with E-state index in [1.54, 1.807) is 12.1 Å². The van der Waals surface area contributed by atoms with Crippen molar-refractivity contribution in [3.63, 3.8) is 0 Å². The Hall–Kier alpha value is -3.24. The van der Waals surface area contributed by atoms with Crippen molar-refractivity contribution in [3.05, 3.63) is 59.2 Å². The van der Waals surface area contributed by atoms with Gasteiger partial charge in [-0.25, -0.2) is 8.78 Å². The van der Waals surface area contributed by atoms with Crippen LogP contribution in [0.5, 0.6) is 11.5 Å². The molecule has 8 nitrogen and oxygen atoms in total. The maximum absolute atomic E-state index is 13.4. The minimum Gasteiger partial charge on any atom is -0.491 e. The zero-order chi connectivity index (χ0) is 37.6. The monoisotopic (exact) mass is 728 g/mol. The molecule has 4 fully saturated rings. The van der Waals surface area contributed by atoms with Gasteiger partial charge in [-0.05, 0) is 74.6 Å². The van der Waals surface area contributed by atoms with Crippen molar-refractivity contribution in [1.82, 2.24) is 9.80 Å². The molecule has 0 bridgehead atoms. The molecule has 2 aliphatic carbocycles. The minimum atomic E-state index is -0.300. The third-order valence-electron chi connectivity index (χ3n) is 11.1. The maximum Gasteiger partial charge on any atom is 0.228 e. The summed E-state index contributed by atoms with van der Waals surface area (Å²) < 4.78 is 49.0. The molecule has 0 aromatic heterocycles. The number of halogens is 2. The molecule has 2 saturated heterocycles. The fourth-order valence-electron chi connectivity index (χ4n) is 7.79. The first-order chi connectivity index (χ1) is 25.1. The third kappa shape index (κ3) is 10.9. The van der Waals surface area contributed by atoms with Crippen LogP contribution in [0.2, 0.25) is 0 Å². The van der Waals surface area contributed by atoms with Gasteiger partial charge in [-0.15, -0.1) is 0 Å². The van der Waals surface area contributed by atoms with Crippen LogP contribution in [0.4, 0.5) is 8.78 Å². The highest BCUT2D eigenvalue weighted by Crippen LogP contribution is 2.49. The van der Waals surface area contributed by atoms with Crippen molar-refractivity contribution in [2.75, 3.05) is 65.8 Å². The Morgan fingerprint density at radius 1 is 0.635 bits per heavy atom. The second kappa shape index (κ2) is 20.3. The first kappa shape index (κ1) is 41.5. The van der Waals surface area contributed by atoms with Crippen LogP contribution in [0.1, 0.15) is 109 Å². The second-order valence-electron chi connectivity index (χ2n) is 14.7. The van der Waals surface area contributed by atoms with Crippen LogP contribution >= 0.6 is 0 Å². The van der Waals surface area contributed by atoms with Crippen LogP contribution in [0, 0.1) is 29.4 Å².